The molecule has 0 aliphatic heterocycles. The fraction of sp³-hybridized carbons (Fsp3) is 0.364. The van der Waals surface area contributed by atoms with Crippen LogP contribution >= 0.6 is 0 Å². The van der Waals surface area contributed by atoms with Gasteiger partial charge in [0.15, 0.2) is 0 Å². The second-order valence-electron chi connectivity index (χ2n) is 3.92. The van der Waals surface area contributed by atoms with Crippen molar-refractivity contribution < 1.29 is 23.6 Å². The van der Waals surface area contributed by atoms with Crippen LogP contribution in [0.1, 0.15) is 15.9 Å². The molecule has 0 heterocycles. The number of nitrogens with one attached hydrogen (secondary N) is 1. The van der Waals surface area contributed by atoms with Gasteiger partial charge in [0.1, 0.15) is 12.2 Å². The number of amides is 1. The normalized spacial score (nSPS) is 11.2. The van der Waals surface area contributed by atoms with Crippen molar-refractivity contribution in [3.63, 3.8) is 0 Å². The molecular weight excluding hydrogens is 262 g/mol. The highest BCUT2D eigenvalue weighted by atomic mass is 19.3. The number of hydrogen-bond donors (Lipinski definition) is 2. The number of carbonyl (C=O) groups excluding carboxylic acids is 1. The fourth-order valence-electron chi connectivity index (χ4n) is 1.45. The van der Waals surface area contributed by atoms with Gasteiger partial charge in [-0.3, -0.25) is 14.9 Å². The first-order valence-electron chi connectivity index (χ1n) is 5.29. The number of nitrogens with zero attached hydrogens (tertiary/aromatic N) is 1. The number of aliphatic hydroxyl groups excluding tert-OH is 1. The van der Waals surface area contributed by atoms with Gasteiger partial charge in [-0.1, -0.05) is 12.1 Å². The molecule has 1 amide bonds. The molecule has 19 heavy (non-hydrogen) atoms. The molecule has 1 aromatic carbocycles. The van der Waals surface area contributed by atoms with Gasteiger partial charge >= 0.3 is 0 Å². The Morgan fingerprint density at radius 3 is 2.68 bits per heavy atom. The number of aryl methyl sites for hydroxylation is 1. The minimum atomic E-state index is -3.46. The van der Waals surface area contributed by atoms with Gasteiger partial charge in [-0.2, -0.15) is 0 Å². The quantitative estimate of drug-likeness (QED) is 0.624. The first-order chi connectivity index (χ1) is 8.78. The smallest absolute Gasteiger partial charge is 0.287 e. The van der Waals surface area contributed by atoms with E-state index in [-0.39, 0.29) is 11.1 Å². The molecule has 2 N–H and O–H groups in total. The predicted octanol–water partition coefficient (Wildman–Crippen LogP) is 1.26. The molecule has 0 saturated carbocycles. The average molecular weight is 274 g/mol. The van der Waals surface area contributed by atoms with Crippen LogP contribution in [0.25, 0.3) is 0 Å². The van der Waals surface area contributed by atoms with Crippen LogP contribution in [0, 0.1) is 17.0 Å². The van der Waals surface area contributed by atoms with Gasteiger partial charge in [0.2, 0.25) is 0 Å². The number of rotatable bonds is 5. The third-order valence-electron chi connectivity index (χ3n) is 2.40. The molecule has 8 heteroatoms. The average Bonchev–Trinajstić information content (AvgIpc) is 2.35. The van der Waals surface area contributed by atoms with Crippen molar-refractivity contribution in [3.8, 4) is 0 Å². The summed E-state index contributed by atoms with van der Waals surface area (Å²) in [6.45, 7) is -1.06. The summed E-state index contributed by atoms with van der Waals surface area (Å²) in [7, 11) is 0. The van der Waals surface area contributed by atoms with E-state index in [2.05, 4.69) is 0 Å². The number of nitro groups is 1. The van der Waals surface area contributed by atoms with E-state index in [0.717, 1.165) is 0 Å². The van der Waals surface area contributed by atoms with Crippen molar-refractivity contribution in [2.45, 2.75) is 12.8 Å². The molecule has 0 aliphatic carbocycles. The zero-order chi connectivity index (χ0) is 14.6. The highest BCUT2D eigenvalue weighted by molar-refractivity contribution is 5.98. The van der Waals surface area contributed by atoms with Crippen molar-refractivity contribution in [3.05, 3.63) is 39.4 Å². The van der Waals surface area contributed by atoms with E-state index in [1.807, 2.05) is 5.32 Å². The lowest BCUT2D eigenvalue weighted by Crippen LogP contribution is -2.39. The van der Waals surface area contributed by atoms with Crippen molar-refractivity contribution in [1.29, 1.82) is 0 Å². The Morgan fingerprint density at radius 1 is 1.53 bits per heavy atom. The molecule has 0 saturated heterocycles. The number of carbonyl (C=O) groups is 1. The topological polar surface area (TPSA) is 92.5 Å². The van der Waals surface area contributed by atoms with E-state index in [4.69, 9.17) is 5.11 Å². The van der Waals surface area contributed by atoms with Crippen LogP contribution in [0.4, 0.5) is 14.5 Å². The summed E-state index contributed by atoms with van der Waals surface area (Å²) in [5.41, 5.74) is -0.461. The van der Waals surface area contributed by atoms with Crippen LogP contribution in [-0.4, -0.2) is 35.0 Å². The Bertz CT molecular complexity index is 505. The highest BCUT2D eigenvalue weighted by Gasteiger charge is 2.30. The molecule has 0 unspecified atom stereocenters. The number of nitro benzene ring substituents is 1. The zero-order valence-corrected chi connectivity index (χ0v) is 10.0. The minimum Gasteiger partial charge on any atom is -0.390 e. The lowest BCUT2D eigenvalue weighted by molar-refractivity contribution is -0.385. The number of benzene rings is 1. The van der Waals surface area contributed by atoms with Crippen LogP contribution < -0.4 is 5.32 Å². The molecule has 0 aliphatic rings. The first kappa shape index (κ1) is 15.0. The molecule has 6 nitrogen and oxygen atoms in total. The molecule has 1 aromatic rings. The van der Waals surface area contributed by atoms with Gasteiger partial charge in [-0.15, -0.1) is 0 Å². The Labute approximate surface area is 107 Å². The van der Waals surface area contributed by atoms with Crippen LogP contribution in [0.15, 0.2) is 18.2 Å². The molecule has 0 atom stereocenters. The molecular formula is C11H12F2N2O4. The van der Waals surface area contributed by atoms with Gasteiger partial charge < -0.3 is 10.4 Å². The summed E-state index contributed by atoms with van der Waals surface area (Å²) in [5, 5.41) is 21.1. The van der Waals surface area contributed by atoms with Gasteiger partial charge in [0, 0.05) is 5.56 Å². The van der Waals surface area contributed by atoms with E-state index < -0.39 is 35.6 Å². The third-order valence-corrected chi connectivity index (χ3v) is 2.40. The van der Waals surface area contributed by atoms with Crippen LogP contribution in [0.2, 0.25) is 0 Å². The first-order valence-corrected chi connectivity index (χ1v) is 5.29. The van der Waals surface area contributed by atoms with E-state index in [1.165, 1.54) is 25.1 Å². The fourth-order valence-corrected chi connectivity index (χ4v) is 1.45. The van der Waals surface area contributed by atoms with Crippen molar-refractivity contribution in [1.82, 2.24) is 5.32 Å². The van der Waals surface area contributed by atoms with Gasteiger partial charge in [0.25, 0.3) is 17.5 Å². The van der Waals surface area contributed by atoms with Crippen molar-refractivity contribution >= 4 is 11.6 Å². The molecule has 0 radical (unpaired) electrons. The highest BCUT2D eigenvalue weighted by Crippen LogP contribution is 2.23. The number of aliphatic hydroxyl groups is 1. The molecule has 104 valence electrons. The van der Waals surface area contributed by atoms with Gasteiger partial charge in [-0.25, -0.2) is 8.78 Å². The molecule has 0 fully saturated rings. The third kappa shape index (κ3) is 3.68. The number of hydrogen-bond acceptors (Lipinski definition) is 4. The van der Waals surface area contributed by atoms with E-state index in [1.54, 1.807) is 0 Å². The standard InChI is InChI=1S/C11H12F2N2O4/c1-7-3-2-4-8(9(7)15(18)19)10(17)14-5-11(12,13)6-16/h2-4,16H,5-6H2,1H3,(H,14,17). The SMILES string of the molecule is Cc1cccc(C(=O)NCC(F)(F)CO)c1[N+](=O)[O-]. The Kier molecular flexibility index (Phi) is 4.49. The largest absolute Gasteiger partial charge is 0.390 e. The molecule has 0 aromatic heterocycles. The summed E-state index contributed by atoms with van der Waals surface area (Å²) in [6.07, 6.45) is 0. The lowest BCUT2D eigenvalue weighted by Gasteiger charge is -2.14. The van der Waals surface area contributed by atoms with Gasteiger partial charge in [-0.05, 0) is 13.0 Å². The van der Waals surface area contributed by atoms with Crippen molar-refractivity contribution in [2.24, 2.45) is 0 Å². The minimum absolute atomic E-state index is 0.256. The number of halogens is 2. The second kappa shape index (κ2) is 5.70. The Hall–Kier alpha value is -2.09. The Balaban J connectivity index is 2.95. The van der Waals surface area contributed by atoms with E-state index in [9.17, 15) is 23.7 Å². The second-order valence-corrected chi connectivity index (χ2v) is 3.92. The predicted molar refractivity (Wildman–Crippen MR) is 62.2 cm³/mol. The molecule has 1 rings (SSSR count). The molecule has 0 spiro atoms. The monoisotopic (exact) mass is 274 g/mol. The summed E-state index contributed by atoms with van der Waals surface area (Å²) in [4.78, 5) is 21.8. The van der Waals surface area contributed by atoms with Crippen LogP contribution in [0.5, 0.6) is 0 Å². The summed E-state index contributed by atoms with van der Waals surface area (Å²) < 4.78 is 25.5. The Morgan fingerprint density at radius 2 is 2.16 bits per heavy atom. The maximum Gasteiger partial charge on any atom is 0.287 e. The number of alkyl halides is 2. The van der Waals surface area contributed by atoms with E-state index in [0.29, 0.717) is 0 Å². The lowest BCUT2D eigenvalue weighted by atomic mass is 10.1. The summed E-state index contributed by atoms with van der Waals surface area (Å²) >= 11 is 0. The van der Waals surface area contributed by atoms with Crippen molar-refractivity contribution in [2.75, 3.05) is 13.2 Å². The maximum atomic E-state index is 12.8. The van der Waals surface area contributed by atoms with Crippen LogP contribution in [-0.2, 0) is 0 Å². The molecule has 0 bridgehead atoms. The maximum absolute atomic E-state index is 12.8. The van der Waals surface area contributed by atoms with Gasteiger partial charge in [0.05, 0.1) is 11.5 Å². The summed E-state index contributed by atoms with van der Waals surface area (Å²) in [5.74, 6) is -4.45. The summed E-state index contributed by atoms with van der Waals surface area (Å²) in [6, 6.07) is 4.04. The van der Waals surface area contributed by atoms with E-state index >= 15 is 0 Å². The zero-order valence-electron chi connectivity index (χ0n) is 10.0. The number of para-hydroxylation sites is 1. The van der Waals surface area contributed by atoms with Crippen LogP contribution in [0.3, 0.4) is 0 Å².